The van der Waals surface area contributed by atoms with Gasteiger partial charge in [-0.1, -0.05) is 0 Å². The molecule has 18 heavy (non-hydrogen) atoms. The fraction of sp³-hybridized carbons (Fsp3) is 1.00. The molecular weight excluding hydrogens is 224 g/mol. The summed E-state index contributed by atoms with van der Waals surface area (Å²) in [6.07, 6.45) is 8.69. The van der Waals surface area contributed by atoms with Crippen molar-refractivity contribution >= 4 is 0 Å². The predicted octanol–water partition coefficient (Wildman–Crippen LogP) is 1.97. The topological polar surface area (TPSA) is 15.7 Å². The fourth-order valence-electron chi connectivity index (χ4n) is 3.92. The zero-order chi connectivity index (χ0) is 12.4. The molecule has 3 aliphatic heterocycles. The first-order valence-electron chi connectivity index (χ1n) is 7.78. The van der Waals surface area contributed by atoms with Gasteiger partial charge in [0, 0.05) is 19.7 Å². The van der Waals surface area contributed by atoms with Gasteiger partial charge in [-0.2, -0.15) is 0 Å². The van der Waals surface area contributed by atoms with Gasteiger partial charge in [0.1, 0.15) is 0 Å². The van der Waals surface area contributed by atoms with Crippen molar-refractivity contribution in [3.05, 3.63) is 0 Å². The highest BCUT2D eigenvalue weighted by molar-refractivity contribution is 4.94. The van der Waals surface area contributed by atoms with E-state index in [2.05, 4.69) is 16.8 Å². The number of piperidine rings is 1. The molecular formula is C15H28N2O. The molecule has 104 valence electrons. The molecule has 3 fully saturated rings. The molecule has 3 heterocycles. The van der Waals surface area contributed by atoms with Crippen molar-refractivity contribution in [3.8, 4) is 0 Å². The van der Waals surface area contributed by atoms with Crippen LogP contribution in [0, 0.1) is 5.41 Å². The van der Waals surface area contributed by atoms with E-state index in [1.165, 1.54) is 71.2 Å². The largest absolute Gasteiger partial charge is 0.377 e. The number of nitrogens with zero attached hydrogens (tertiary/aromatic N) is 2. The van der Waals surface area contributed by atoms with E-state index in [0.29, 0.717) is 11.5 Å². The minimum atomic E-state index is 0.528. The quantitative estimate of drug-likeness (QED) is 0.747. The average molecular weight is 252 g/mol. The Balaban J connectivity index is 1.48. The van der Waals surface area contributed by atoms with Crippen LogP contribution in [-0.4, -0.2) is 62.3 Å². The third kappa shape index (κ3) is 2.89. The van der Waals surface area contributed by atoms with Crippen molar-refractivity contribution in [2.75, 3.05) is 46.4 Å². The molecule has 3 aliphatic rings. The van der Waals surface area contributed by atoms with Gasteiger partial charge in [0.25, 0.3) is 0 Å². The van der Waals surface area contributed by atoms with Gasteiger partial charge in [0.05, 0.1) is 6.10 Å². The SMILES string of the molecule is CN1CCC2(CC1)CCN(CC1CCCCO1)C2. The van der Waals surface area contributed by atoms with Crippen LogP contribution in [0.15, 0.2) is 0 Å². The Kier molecular flexibility index (Phi) is 3.92. The lowest BCUT2D eigenvalue weighted by Gasteiger charge is -2.38. The lowest BCUT2D eigenvalue weighted by atomic mass is 9.78. The van der Waals surface area contributed by atoms with Gasteiger partial charge < -0.3 is 14.5 Å². The molecule has 3 rings (SSSR count). The number of hydrogen-bond acceptors (Lipinski definition) is 3. The summed E-state index contributed by atoms with van der Waals surface area (Å²) in [6, 6.07) is 0. The molecule has 0 bridgehead atoms. The van der Waals surface area contributed by atoms with Crippen molar-refractivity contribution in [3.63, 3.8) is 0 Å². The van der Waals surface area contributed by atoms with Crippen molar-refractivity contribution < 1.29 is 4.74 Å². The lowest BCUT2D eigenvalue weighted by molar-refractivity contribution is -0.00476. The van der Waals surface area contributed by atoms with Gasteiger partial charge in [0.2, 0.25) is 0 Å². The normalized spacial score (nSPS) is 34.2. The minimum Gasteiger partial charge on any atom is -0.377 e. The molecule has 0 N–H and O–H groups in total. The van der Waals surface area contributed by atoms with Crippen LogP contribution < -0.4 is 0 Å². The summed E-state index contributed by atoms with van der Waals surface area (Å²) < 4.78 is 5.88. The standard InChI is InChI=1S/C15H28N2O/c1-16-8-5-15(6-9-16)7-10-17(13-15)12-14-4-2-3-11-18-14/h14H,2-13H2,1H3. The van der Waals surface area contributed by atoms with Crippen molar-refractivity contribution in [2.45, 2.75) is 44.6 Å². The van der Waals surface area contributed by atoms with Gasteiger partial charge in [-0.25, -0.2) is 0 Å². The Hall–Kier alpha value is -0.120. The summed E-state index contributed by atoms with van der Waals surface area (Å²) in [7, 11) is 2.26. The van der Waals surface area contributed by atoms with E-state index in [1.807, 2.05) is 0 Å². The number of ether oxygens (including phenoxy) is 1. The van der Waals surface area contributed by atoms with E-state index >= 15 is 0 Å². The molecule has 0 amide bonds. The van der Waals surface area contributed by atoms with Crippen molar-refractivity contribution in [2.24, 2.45) is 5.41 Å². The van der Waals surface area contributed by atoms with Crippen LogP contribution in [-0.2, 0) is 4.74 Å². The number of likely N-dealkylation sites (tertiary alicyclic amines) is 2. The first-order chi connectivity index (χ1) is 8.76. The molecule has 1 spiro atoms. The number of hydrogen-bond donors (Lipinski definition) is 0. The van der Waals surface area contributed by atoms with Crippen LogP contribution in [0.5, 0.6) is 0 Å². The van der Waals surface area contributed by atoms with Gasteiger partial charge in [-0.05, 0) is 70.6 Å². The summed E-state index contributed by atoms with van der Waals surface area (Å²) in [5.41, 5.74) is 0.654. The van der Waals surface area contributed by atoms with Crippen LogP contribution in [0.1, 0.15) is 38.5 Å². The van der Waals surface area contributed by atoms with E-state index in [1.54, 1.807) is 0 Å². The molecule has 3 heteroatoms. The van der Waals surface area contributed by atoms with Gasteiger partial charge in [0.15, 0.2) is 0 Å². The second-order valence-electron chi connectivity index (χ2n) is 6.78. The zero-order valence-electron chi connectivity index (χ0n) is 11.9. The summed E-state index contributed by atoms with van der Waals surface area (Å²) in [6.45, 7) is 7.43. The van der Waals surface area contributed by atoms with Gasteiger partial charge in [-0.3, -0.25) is 0 Å². The van der Waals surface area contributed by atoms with Gasteiger partial charge >= 0.3 is 0 Å². The highest BCUT2D eigenvalue weighted by atomic mass is 16.5. The Labute approximate surface area is 111 Å². The lowest BCUT2D eigenvalue weighted by Crippen LogP contribution is -2.41. The Bertz CT molecular complexity index is 268. The highest BCUT2D eigenvalue weighted by Gasteiger charge is 2.40. The maximum absolute atomic E-state index is 5.88. The number of rotatable bonds is 2. The summed E-state index contributed by atoms with van der Waals surface area (Å²) in [4.78, 5) is 5.17. The van der Waals surface area contributed by atoms with Gasteiger partial charge in [-0.15, -0.1) is 0 Å². The summed E-state index contributed by atoms with van der Waals surface area (Å²) >= 11 is 0. The fourth-order valence-corrected chi connectivity index (χ4v) is 3.92. The third-order valence-corrected chi connectivity index (χ3v) is 5.30. The molecule has 0 aliphatic carbocycles. The smallest absolute Gasteiger partial charge is 0.0702 e. The molecule has 1 atom stereocenters. The molecule has 0 aromatic carbocycles. The molecule has 3 saturated heterocycles. The molecule has 0 aromatic rings. The second kappa shape index (κ2) is 5.48. The van der Waals surface area contributed by atoms with Crippen LogP contribution in [0.25, 0.3) is 0 Å². The Morgan fingerprint density at radius 1 is 1.11 bits per heavy atom. The first kappa shape index (κ1) is 12.9. The molecule has 3 nitrogen and oxygen atoms in total. The van der Waals surface area contributed by atoms with E-state index in [0.717, 1.165) is 6.61 Å². The van der Waals surface area contributed by atoms with E-state index in [4.69, 9.17) is 4.74 Å². The highest BCUT2D eigenvalue weighted by Crippen LogP contribution is 2.40. The van der Waals surface area contributed by atoms with E-state index < -0.39 is 0 Å². The van der Waals surface area contributed by atoms with E-state index in [-0.39, 0.29) is 0 Å². The van der Waals surface area contributed by atoms with Crippen LogP contribution in [0.2, 0.25) is 0 Å². The Morgan fingerprint density at radius 3 is 2.61 bits per heavy atom. The van der Waals surface area contributed by atoms with E-state index in [9.17, 15) is 0 Å². The predicted molar refractivity (Wildman–Crippen MR) is 73.8 cm³/mol. The maximum atomic E-state index is 5.88. The van der Waals surface area contributed by atoms with Crippen LogP contribution in [0.4, 0.5) is 0 Å². The molecule has 0 saturated carbocycles. The first-order valence-corrected chi connectivity index (χ1v) is 7.78. The Morgan fingerprint density at radius 2 is 1.89 bits per heavy atom. The average Bonchev–Trinajstić information content (AvgIpc) is 2.78. The third-order valence-electron chi connectivity index (χ3n) is 5.30. The minimum absolute atomic E-state index is 0.528. The summed E-state index contributed by atoms with van der Waals surface area (Å²) in [5.74, 6) is 0. The van der Waals surface area contributed by atoms with Crippen LogP contribution >= 0.6 is 0 Å². The summed E-state index contributed by atoms with van der Waals surface area (Å²) in [5, 5.41) is 0. The van der Waals surface area contributed by atoms with Crippen molar-refractivity contribution in [1.29, 1.82) is 0 Å². The zero-order valence-corrected chi connectivity index (χ0v) is 11.9. The molecule has 1 unspecified atom stereocenters. The maximum Gasteiger partial charge on any atom is 0.0702 e. The second-order valence-corrected chi connectivity index (χ2v) is 6.78. The van der Waals surface area contributed by atoms with Crippen molar-refractivity contribution in [1.82, 2.24) is 9.80 Å². The van der Waals surface area contributed by atoms with Crippen LogP contribution in [0.3, 0.4) is 0 Å². The monoisotopic (exact) mass is 252 g/mol. The molecule has 0 aromatic heterocycles. The molecule has 0 radical (unpaired) electrons.